The van der Waals surface area contributed by atoms with E-state index in [0.29, 0.717) is 5.41 Å². The molecule has 54 valence electrons. The first-order valence-electron chi connectivity index (χ1n) is 3.60. The maximum Gasteiger partial charge on any atom is 0.125 e. The third-order valence-electron chi connectivity index (χ3n) is 2.17. The van der Waals surface area contributed by atoms with Crippen LogP contribution in [0.5, 0.6) is 0 Å². The quantitative estimate of drug-likeness (QED) is 0.594. The van der Waals surface area contributed by atoms with Gasteiger partial charge in [0.15, 0.2) is 0 Å². The van der Waals surface area contributed by atoms with Gasteiger partial charge < -0.3 is 10.1 Å². The number of allylic oxidation sites excluding steroid dienone is 1. The predicted octanol–water partition coefficient (Wildman–Crippen LogP) is 1.72. The normalized spacial score (nSPS) is 26.3. The largest absolute Gasteiger partial charge is 0.466 e. The van der Waals surface area contributed by atoms with Crippen molar-refractivity contribution in [1.82, 2.24) is 5.32 Å². The van der Waals surface area contributed by atoms with Crippen molar-refractivity contribution in [3.63, 3.8) is 0 Å². The minimum Gasteiger partial charge on any atom is -0.466 e. The highest BCUT2D eigenvalue weighted by molar-refractivity contribution is 5.17. The van der Waals surface area contributed by atoms with E-state index in [2.05, 4.69) is 12.2 Å². The van der Waals surface area contributed by atoms with Gasteiger partial charge in [-0.3, -0.25) is 0 Å². The SMILES string of the molecule is CC1(C2=CNC=CO2)CC1. The average Bonchev–Trinajstić information content (AvgIpc) is 2.72. The van der Waals surface area contributed by atoms with Gasteiger partial charge in [0, 0.05) is 17.8 Å². The number of ether oxygens (including phenoxy) is 1. The van der Waals surface area contributed by atoms with Gasteiger partial charge in [-0.05, 0) is 12.8 Å². The average molecular weight is 137 g/mol. The predicted molar refractivity (Wildman–Crippen MR) is 38.8 cm³/mol. The Morgan fingerprint density at radius 3 is 2.90 bits per heavy atom. The highest BCUT2D eigenvalue weighted by Crippen LogP contribution is 2.51. The minimum atomic E-state index is 0.345. The van der Waals surface area contributed by atoms with Crippen LogP contribution in [0.1, 0.15) is 19.8 Å². The molecule has 2 nitrogen and oxygen atoms in total. The molecule has 0 unspecified atom stereocenters. The fourth-order valence-corrected chi connectivity index (χ4v) is 1.05. The van der Waals surface area contributed by atoms with E-state index in [1.54, 1.807) is 12.5 Å². The van der Waals surface area contributed by atoms with Gasteiger partial charge in [0.1, 0.15) is 12.0 Å². The number of hydrogen-bond acceptors (Lipinski definition) is 2. The first kappa shape index (κ1) is 5.83. The molecule has 1 heterocycles. The Morgan fingerprint density at radius 1 is 1.60 bits per heavy atom. The fraction of sp³-hybridized carbons (Fsp3) is 0.500. The zero-order chi connectivity index (χ0) is 7.03. The van der Waals surface area contributed by atoms with E-state index in [0.717, 1.165) is 5.76 Å². The summed E-state index contributed by atoms with van der Waals surface area (Å²) in [6.45, 7) is 2.22. The summed E-state index contributed by atoms with van der Waals surface area (Å²) in [7, 11) is 0. The number of nitrogens with one attached hydrogen (secondary N) is 1. The van der Waals surface area contributed by atoms with Crippen LogP contribution in [0.25, 0.3) is 0 Å². The van der Waals surface area contributed by atoms with Gasteiger partial charge in [-0.2, -0.15) is 0 Å². The third-order valence-corrected chi connectivity index (χ3v) is 2.17. The summed E-state index contributed by atoms with van der Waals surface area (Å²) >= 11 is 0. The molecule has 0 aromatic heterocycles. The Bertz CT molecular complexity index is 201. The summed E-state index contributed by atoms with van der Waals surface area (Å²) in [5, 5.41) is 3.01. The molecule has 0 radical (unpaired) electrons. The molecule has 2 heteroatoms. The molecule has 2 aliphatic rings. The summed E-state index contributed by atoms with van der Waals surface area (Å²) in [6.07, 6.45) is 7.93. The number of hydrogen-bond donors (Lipinski definition) is 1. The third kappa shape index (κ3) is 0.801. The summed E-state index contributed by atoms with van der Waals surface area (Å²) in [5.41, 5.74) is 0.345. The van der Waals surface area contributed by atoms with Crippen molar-refractivity contribution in [2.45, 2.75) is 19.8 Å². The standard InChI is InChI=1S/C8H11NO/c1-8(2-3-8)7-6-9-4-5-10-7/h4-6,9H,2-3H2,1H3. The maximum atomic E-state index is 5.32. The lowest BCUT2D eigenvalue weighted by Gasteiger charge is -2.15. The van der Waals surface area contributed by atoms with Crippen LogP contribution in [-0.4, -0.2) is 0 Å². The van der Waals surface area contributed by atoms with E-state index in [1.807, 2.05) is 6.20 Å². The molecular formula is C8H11NO. The Balaban J connectivity index is 2.11. The van der Waals surface area contributed by atoms with Crippen molar-refractivity contribution in [3.05, 3.63) is 24.4 Å². The molecule has 0 aromatic carbocycles. The van der Waals surface area contributed by atoms with Gasteiger partial charge in [-0.15, -0.1) is 0 Å². The van der Waals surface area contributed by atoms with Crippen LogP contribution in [0.4, 0.5) is 0 Å². The van der Waals surface area contributed by atoms with Gasteiger partial charge in [-0.25, -0.2) is 0 Å². The molecule has 0 saturated heterocycles. The molecule has 0 amide bonds. The molecule has 0 bridgehead atoms. The lowest BCUT2D eigenvalue weighted by molar-refractivity contribution is 0.276. The lowest BCUT2D eigenvalue weighted by atomic mass is 10.1. The highest BCUT2D eigenvalue weighted by atomic mass is 16.5. The second-order valence-electron chi connectivity index (χ2n) is 3.16. The topological polar surface area (TPSA) is 21.3 Å². The molecule has 0 spiro atoms. The zero-order valence-corrected chi connectivity index (χ0v) is 6.05. The van der Waals surface area contributed by atoms with Crippen LogP contribution in [-0.2, 0) is 4.74 Å². The molecular weight excluding hydrogens is 126 g/mol. The van der Waals surface area contributed by atoms with Crippen LogP contribution in [0.2, 0.25) is 0 Å². The highest BCUT2D eigenvalue weighted by Gasteiger charge is 2.43. The van der Waals surface area contributed by atoms with Crippen molar-refractivity contribution in [2.75, 3.05) is 0 Å². The maximum absolute atomic E-state index is 5.32. The van der Waals surface area contributed by atoms with Crippen LogP contribution < -0.4 is 5.32 Å². The van der Waals surface area contributed by atoms with Gasteiger partial charge in [0.05, 0.1) is 0 Å². The van der Waals surface area contributed by atoms with Crippen molar-refractivity contribution in [2.24, 2.45) is 5.41 Å². The van der Waals surface area contributed by atoms with Crippen molar-refractivity contribution in [1.29, 1.82) is 0 Å². The van der Waals surface area contributed by atoms with Gasteiger partial charge in [0.2, 0.25) is 0 Å². The second kappa shape index (κ2) is 1.78. The molecule has 0 aromatic rings. The first-order chi connectivity index (χ1) is 4.81. The Hall–Kier alpha value is -0.920. The van der Waals surface area contributed by atoms with Crippen molar-refractivity contribution < 1.29 is 4.74 Å². The minimum absolute atomic E-state index is 0.345. The van der Waals surface area contributed by atoms with Crippen molar-refractivity contribution >= 4 is 0 Å². The Kier molecular flexibility index (Phi) is 1.04. The molecule has 1 N–H and O–H groups in total. The van der Waals surface area contributed by atoms with E-state index in [1.165, 1.54) is 12.8 Å². The summed E-state index contributed by atoms with van der Waals surface area (Å²) in [5.74, 6) is 1.08. The van der Waals surface area contributed by atoms with Gasteiger partial charge in [-0.1, -0.05) is 6.92 Å². The lowest BCUT2D eigenvalue weighted by Crippen LogP contribution is -2.09. The fourth-order valence-electron chi connectivity index (χ4n) is 1.05. The summed E-state index contributed by atoms with van der Waals surface area (Å²) in [6, 6.07) is 0. The first-order valence-corrected chi connectivity index (χ1v) is 3.60. The van der Waals surface area contributed by atoms with Crippen LogP contribution in [0.15, 0.2) is 24.4 Å². The molecule has 1 saturated carbocycles. The van der Waals surface area contributed by atoms with E-state index >= 15 is 0 Å². The van der Waals surface area contributed by atoms with E-state index in [4.69, 9.17) is 4.74 Å². The van der Waals surface area contributed by atoms with Crippen LogP contribution in [0, 0.1) is 5.41 Å². The molecule has 1 aliphatic carbocycles. The summed E-state index contributed by atoms with van der Waals surface area (Å²) < 4.78 is 5.32. The molecule has 2 rings (SSSR count). The van der Waals surface area contributed by atoms with Crippen molar-refractivity contribution in [3.8, 4) is 0 Å². The monoisotopic (exact) mass is 137 g/mol. The second-order valence-corrected chi connectivity index (χ2v) is 3.16. The Labute approximate surface area is 60.6 Å². The number of rotatable bonds is 1. The van der Waals surface area contributed by atoms with Gasteiger partial charge >= 0.3 is 0 Å². The molecule has 0 atom stereocenters. The molecule has 1 fully saturated rings. The smallest absolute Gasteiger partial charge is 0.125 e. The van der Waals surface area contributed by atoms with Gasteiger partial charge in [0.25, 0.3) is 0 Å². The Morgan fingerprint density at radius 2 is 2.40 bits per heavy atom. The zero-order valence-electron chi connectivity index (χ0n) is 6.05. The van der Waals surface area contributed by atoms with Crippen LogP contribution >= 0.6 is 0 Å². The van der Waals surface area contributed by atoms with E-state index < -0.39 is 0 Å². The van der Waals surface area contributed by atoms with E-state index in [-0.39, 0.29) is 0 Å². The summed E-state index contributed by atoms with van der Waals surface area (Å²) in [4.78, 5) is 0. The molecule has 10 heavy (non-hydrogen) atoms. The van der Waals surface area contributed by atoms with Crippen LogP contribution in [0.3, 0.4) is 0 Å². The van der Waals surface area contributed by atoms with E-state index in [9.17, 15) is 0 Å². The molecule has 1 aliphatic heterocycles.